The summed E-state index contributed by atoms with van der Waals surface area (Å²) in [4.78, 5) is 58.4. The first-order chi connectivity index (χ1) is 14.8. The number of fused-ring (bicyclic) bond motifs is 9. The molecule has 2 bridgehead atoms. The zero-order valence-corrected chi connectivity index (χ0v) is 19.1. The topological polar surface area (TPSA) is 99.8 Å². The molecule has 2 saturated carbocycles. The Morgan fingerprint density at radius 3 is 2.52 bits per heavy atom. The third kappa shape index (κ3) is 2.64. The highest BCUT2D eigenvalue weighted by Crippen LogP contribution is 2.68. The number of morpholine rings is 1. The molecule has 5 aliphatic rings. The minimum atomic E-state index is -0.327. The second-order valence-electron chi connectivity index (χ2n) is 9.87. The summed E-state index contributed by atoms with van der Waals surface area (Å²) in [6, 6.07) is 0. The molecule has 6 rings (SSSR count). The van der Waals surface area contributed by atoms with Crippen LogP contribution in [-0.4, -0.2) is 70.6 Å². The summed E-state index contributed by atoms with van der Waals surface area (Å²) in [7, 11) is 0. The summed E-state index contributed by atoms with van der Waals surface area (Å²) in [5.41, 5.74) is -0.222. The quantitative estimate of drug-likeness (QED) is 0.655. The van der Waals surface area contributed by atoms with E-state index in [2.05, 4.69) is 18.8 Å². The lowest BCUT2D eigenvalue weighted by Crippen LogP contribution is -2.48. The van der Waals surface area contributed by atoms with E-state index in [1.165, 1.54) is 16.2 Å². The van der Waals surface area contributed by atoms with Crippen molar-refractivity contribution in [2.45, 2.75) is 36.0 Å². The largest absolute Gasteiger partial charge is 0.378 e. The number of carbonyl (C=O) groups excluding carboxylic acids is 3. The van der Waals surface area contributed by atoms with Gasteiger partial charge in [-0.1, -0.05) is 25.2 Å². The molecule has 0 aromatic carbocycles. The predicted octanol–water partition coefficient (Wildman–Crippen LogP) is 0.914. The fourth-order valence-corrected chi connectivity index (χ4v) is 10.1. The minimum absolute atomic E-state index is 0.0435. The molecule has 10 heteroatoms. The van der Waals surface area contributed by atoms with Gasteiger partial charge in [0.2, 0.25) is 17.7 Å². The van der Waals surface area contributed by atoms with E-state index in [4.69, 9.17) is 4.74 Å². The molecule has 3 aliphatic heterocycles. The molecular weight excluding hydrogens is 438 g/mol. The molecule has 166 valence electrons. The van der Waals surface area contributed by atoms with Gasteiger partial charge in [0.15, 0.2) is 0 Å². The van der Waals surface area contributed by atoms with Gasteiger partial charge < -0.3 is 14.6 Å². The van der Waals surface area contributed by atoms with E-state index in [-0.39, 0.29) is 69.4 Å². The fourth-order valence-electron chi connectivity index (χ4n) is 6.92. The van der Waals surface area contributed by atoms with E-state index in [1.807, 2.05) is 0 Å². The zero-order chi connectivity index (χ0) is 21.7. The number of likely N-dealkylation sites (tertiary alicyclic amines) is 1. The molecule has 0 unspecified atom stereocenters. The van der Waals surface area contributed by atoms with Crippen molar-refractivity contribution < 1.29 is 19.1 Å². The molecule has 3 amide bonds. The first-order valence-corrected chi connectivity index (χ1v) is 12.6. The minimum Gasteiger partial charge on any atom is -0.378 e. The molecule has 1 aromatic heterocycles. The molecule has 1 N–H and O–H groups in total. The van der Waals surface area contributed by atoms with Crippen LogP contribution in [0.5, 0.6) is 0 Å². The lowest BCUT2D eigenvalue weighted by Gasteiger charge is -2.47. The number of rotatable bonds is 2. The number of ether oxygens (including phenoxy) is 1. The maximum Gasteiger partial charge on any atom is 0.305 e. The van der Waals surface area contributed by atoms with Gasteiger partial charge in [-0.25, -0.2) is 0 Å². The molecule has 4 heterocycles. The summed E-state index contributed by atoms with van der Waals surface area (Å²) in [6.07, 6.45) is 0.878. The number of aromatic amines is 1. The van der Waals surface area contributed by atoms with Crippen LogP contribution in [0, 0.1) is 29.6 Å². The average molecular weight is 464 g/mol. The first kappa shape index (κ1) is 20.0. The molecule has 1 aromatic rings. The van der Waals surface area contributed by atoms with Crippen molar-refractivity contribution in [1.29, 1.82) is 0 Å². The van der Waals surface area contributed by atoms with Crippen molar-refractivity contribution in [3.05, 3.63) is 14.5 Å². The van der Waals surface area contributed by atoms with Crippen LogP contribution in [0.4, 0.5) is 0 Å². The number of imide groups is 1. The van der Waals surface area contributed by atoms with Crippen molar-refractivity contribution in [3.8, 4) is 0 Å². The number of nitrogens with zero attached hydrogens (tertiary/aromatic N) is 2. The van der Waals surface area contributed by atoms with Gasteiger partial charge in [0.1, 0.15) is 6.54 Å². The third-order valence-electron chi connectivity index (χ3n) is 8.14. The molecule has 6 atom stereocenters. The Balaban J connectivity index is 1.29. The van der Waals surface area contributed by atoms with E-state index < -0.39 is 0 Å². The lowest BCUT2D eigenvalue weighted by molar-refractivity contribution is -0.148. The monoisotopic (exact) mass is 463 g/mol. The number of thiazole rings is 1. The third-order valence-corrected chi connectivity index (χ3v) is 10.9. The van der Waals surface area contributed by atoms with Gasteiger partial charge in [0.05, 0.1) is 30.1 Å². The number of H-pyrrole nitrogens is 1. The molecule has 31 heavy (non-hydrogen) atoms. The van der Waals surface area contributed by atoms with Crippen molar-refractivity contribution in [2.75, 3.05) is 32.8 Å². The number of hydrogen-bond donors (Lipinski definition) is 1. The van der Waals surface area contributed by atoms with Gasteiger partial charge >= 0.3 is 4.87 Å². The van der Waals surface area contributed by atoms with Crippen molar-refractivity contribution in [2.24, 2.45) is 29.6 Å². The summed E-state index contributed by atoms with van der Waals surface area (Å²) in [5.74, 6) is -0.700. The molecule has 2 aliphatic carbocycles. The summed E-state index contributed by atoms with van der Waals surface area (Å²) in [5, 5.41) is 1.15. The van der Waals surface area contributed by atoms with Gasteiger partial charge in [0.25, 0.3) is 0 Å². The van der Waals surface area contributed by atoms with Crippen LogP contribution < -0.4 is 4.87 Å². The molecule has 2 saturated heterocycles. The highest BCUT2D eigenvalue weighted by molar-refractivity contribution is 8.00. The highest BCUT2D eigenvalue weighted by Gasteiger charge is 2.70. The van der Waals surface area contributed by atoms with Crippen LogP contribution >= 0.6 is 23.1 Å². The Morgan fingerprint density at radius 1 is 1.13 bits per heavy atom. The lowest BCUT2D eigenvalue weighted by atomic mass is 9.64. The zero-order valence-electron chi connectivity index (χ0n) is 17.5. The number of carbonyl (C=O) groups is 3. The smallest absolute Gasteiger partial charge is 0.305 e. The number of thioether (sulfide) groups is 1. The summed E-state index contributed by atoms with van der Waals surface area (Å²) >= 11 is 2.96. The first-order valence-electron chi connectivity index (χ1n) is 10.9. The second kappa shape index (κ2) is 6.68. The molecule has 8 nitrogen and oxygen atoms in total. The van der Waals surface area contributed by atoms with Gasteiger partial charge in [-0.3, -0.25) is 24.1 Å². The van der Waals surface area contributed by atoms with E-state index in [1.54, 1.807) is 16.7 Å². The number of nitrogens with one attached hydrogen (secondary N) is 1. The number of amides is 3. The van der Waals surface area contributed by atoms with E-state index >= 15 is 0 Å². The highest BCUT2D eigenvalue weighted by atomic mass is 32.2. The van der Waals surface area contributed by atoms with Crippen molar-refractivity contribution >= 4 is 40.8 Å². The van der Waals surface area contributed by atoms with Gasteiger partial charge in [-0.2, -0.15) is 0 Å². The maximum atomic E-state index is 13.4. The maximum absolute atomic E-state index is 13.4. The fraction of sp³-hybridized carbons (Fsp3) is 0.714. The Hall–Kier alpha value is -1.65. The van der Waals surface area contributed by atoms with Gasteiger partial charge in [0, 0.05) is 28.6 Å². The molecular formula is C21H25N3O5S2. The molecule has 4 fully saturated rings. The number of aromatic nitrogens is 1. The molecule has 0 radical (unpaired) electrons. The number of hydrogen-bond acceptors (Lipinski definition) is 7. The Kier molecular flexibility index (Phi) is 4.31. The van der Waals surface area contributed by atoms with Crippen LogP contribution in [0.25, 0.3) is 0 Å². The van der Waals surface area contributed by atoms with Gasteiger partial charge in [-0.05, 0) is 24.2 Å². The van der Waals surface area contributed by atoms with E-state index in [0.717, 1.165) is 16.3 Å². The summed E-state index contributed by atoms with van der Waals surface area (Å²) in [6.45, 7) is 6.17. The van der Waals surface area contributed by atoms with E-state index in [9.17, 15) is 19.2 Å². The van der Waals surface area contributed by atoms with E-state index in [0.29, 0.717) is 26.3 Å². The second-order valence-corrected chi connectivity index (χ2v) is 12.0. The van der Waals surface area contributed by atoms with Crippen LogP contribution in [0.15, 0.2) is 9.82 Å². The Bertz CT molecular complexity index is 1040. The summed E-state index contributed by atoms with van der Waals surface area (Å²) < 4.78 is 5.30. The SMILES string of the molecule is CC1(C)c2sc(=O)[nH]c2S[C@@H]2[C@H]3C[C@@H]([C@@H]4C(=O)N(CC(=O)N5CCOCC5)C(=O)[C@@H]34)[C@@H]21. The van der Waals surface area contributed by atoms with Crippen molar-refractivity contribution in [1.82, 2.24) is 14.8 Å². The average Bonchev–Trinajstić information content (AvgIpc) is 3.47. The Morgan fingerprint density at radius 2 is 1.81 bits per heavy atom. The Labute approximate surface area is 187 Å². The normalized spacial score (nSPS) is 37.7. The van der Waals surface area contributed by atoms with Crippen LogP contribution in [0.3, 0.4) is 0 Å². The van der Waals surface area contributed by atoms with Crippen LogP contribution in [-0.2, 0) is 24.5 Å². The molecule has 0 spiro atoms. The standard InChI is InChI=1S/C21H25N3O5S2/c1-21(2)14-9-7-10(15(14)30-17-16(21)31-20(28)22-17)13-12(9)18(26)24(19(13)27)8-11(25)23-3-5-29-6-4-23/h9-10,12-15H,3-8H2,1-2H3,(H,22,28)/t9-,10-,12-,13-,14-,15+/m0/s1. The van der Waals surface area contributed by atoms with Crippen LogP contribution in [0.2, 0.25) is 0 Å². The van der Waals surface area contributed by atoms with Crippen LogP contribution in [0.1, 0.15) is 25.1 Å². The predicted molar refractivity (Wildman–Crippen MR) is 114 cm³/mol. The van der Waals surface area contributed by atoms with Gasteiger partial charge in [-0.15, -0.1) is 11.8 Å². The van der Waals surface area contributed by atoms with Crippen molar-refractivity contribution in [3.63, 3.8) is 0 Å².